The van der Waals surface area contributed by atoms with E-state index in [-0.39, 0.29) is 11.1 Å². The Morgan fingerprint density at radius 3 is 2.68 bits per heavy atom. The van der Waals surface area contributed by atoms with E-state index in [9.17, 15) is 14.7 Å². The molecular formula is C21H19ClN4O3S2. The number of carbonyl (C=O) groups is 2. The Bertz CT molecular complexity index is 1170. The van der Waals surface area contributed by atoms with Crippen molar-refractivity contribution in [3.05, 3.63) is 58.7 Å². The van der Waals surface area contributed by atoms with Crippen LogP contribution in [0.15, 0.2) is 47.5 Å². The van der Waals surface area contributed by atoms with Gasteiger partial charge < -0.3 is 16.2 Å². The first kappa shape index (κ1) is 21.8. The topological polar surface area (TPSA) is 109 Å². The Balaban J connectivity index is 1.81. The second-order valence-corrected chi connectivity index (χ2v) is 9.65. The number of primary amides is 1. The number of carbonyl (C=O) groups excluding carboxylic acids is 1. The first-order valence-electron chi connectivity index (χ1n) is 9.45. The number of amides is 1. The Morgan fingerprint density at radius 1 is 1.19 bits per heavy atom. The van der Waals surface area contributed by atoms with Gasteiger partial charge in [0.15, 0.2) is 0 Å². The number of nitrogens with one attached hydrogen (secondary N) is 1. The fourth-order valence-electron chi connectivity index (χ4n) is 3.24. The predicted octanol–water partition coefficient (Wildman–Crippen LogP) is 4.48. The van der Waals surface area contributed by atoms with Gasteiger partial charge >= 0.3 is 5.97 Å². The van der Waals surface area contributed by atoms with E-state index in [0.717, 1.165) is 40.4 Å². The molecule has 2 heterocycles. The maximum Gasteiger partial charge on any atom is 0.337 e. The average Bonchev–Trinajstić information content (AvgIpc) is 2.76. The van der Waals surface area contributed by atoms with E-state index in [2.05, 4.69) is 14.6 Å². The maximum atomic E-state index is 11.9. The Kier molecular flexibility index (Phi) is 6.57. The summed E-state index contributed by atoms with van der Waals surface area (Å²) in [5.41, 5.74) is 7.20. The van der Waals surface area contributed by atoms with Gasteiger partial charge in [-0.05, 0) is 48.3 Å². The highest BCUT2D eigenvalue weighted by Gasteiger charge is 2.19. The van der Waals surface area contributed by atoms with Gasteiger partial charge in [-0.3, -0.25) is 9.78 Å². The highest BCUT2D eigenvalue weighted by Crippen LogP contribution is 2.39. The molecule has 1 saturated heterocycles. The fraction of sp³-hybridized carbons (Fsp3) is 0.190. The third-order valence-corrected chi connectivity index (χ3v) is 7.09. The molecule has 10 heteroatoms. The summed E-state index contributed by atoms with van der Waals surface area (Å²) in [5, 5.41) is 14.3. The van der Waals surface area contributed by atoms with Crippen molar-refractivity contribution in [1.29, 1.82) is 0 Å². The monoisotopic (exact) mass is 474 g/mol. The molecule has 0 spiro atoms. The van der Waals surface area contributed by atoms with Crippen LogP contribution in [0.2, 0.25) is 5.02 Å². The summed E-state index contributed by atoms with van der Waals surface area (Å²) < 4.78 is 2.27. The molecule has 0 aliphatic carbocycles. The normalized spacial score (nSPS) is 14.5. The smallest absolute Gasteiger partial charge is 0.337 e. The van der Waals surface area contributed by atoms with E-state index in [0.29, 0.717) is 16.4 Å². The zero-order valence-electron chi connectivity index (χ0n) is 16.3. The number of aromatic nitrogens is 1. The molecule has 1 aliphatic rings. The minimum absolute atomic E-state index is 0.0476. The molecule has 1 aromatic heterocycles. The van der Waals surface area contributed by atoms with Crippen LogP contribution in [0.1, 0.15) is 20.7 Å². The number of aromatic carboxylic acids is 1. The number of hydrogen-bond acceptors (Lipinski definition) is 7. The summed E-state index contributed by atoms with van der Waals surface area (Å²) in [4.78, 5) is 28.8. The van der Waals surface area contributed by atoms with Gasteiger partial charge in [0.25, 0.3) is 0 Å². The van der Waals surface area contributed by atoms with Gasteiger partial charge in [0.2, 0.25) is 5.91 Å². The first-order chi connectivity index (χ1) is 14.9. The van der Waals surface area contributed by atoms with E-state index >= 15 is 0 Å². The molecule has 7 nitrogen and oxygen atoms in total. The lowest BCUT2D eigenvalue weighted by Gasteiger charge is -2.26. The van der Waals surface area contributed by atoms with Crippen molar-refractivity contribution in [2.45, 2.75) is 4.90 Å². The molecule has 160 valence electrons. The molecule has 4 rings (SSSR count). The van der Waals surface area contributed by atoms with Gasteiger partial charge in [0.1, 0.15) is 0 Å². The summed E-state index contributed by atoms with van der Waals surface area (Å²) in [6.07, 6.45) is 1.78. The van der Waals surface area contributed by atoms with Gasteiger partial charge in [-0.2, -0.15) is 11.8 Å². The second-order valence-electron chi connectivity index (χ2n) is 6.85. The van der Waals surface area contributed by atoms with Crippen molar-refractivity contribution >= 4 is 69.5 Å². The molecule has 1 fully saturated rings. The van der Waals surface area contributed by atoms with E-state index in [4.69, 9.17) is 17.3 Å². The van der Waals surface area contributed by atoms with Crippen LogP contribution >= 0.6 is 35.3 Å². The van der Waals surface area contributed by atoms with Gasteiger partial charge in [0.05, 0.1) is 27.4 Å². The minimum Gasteiger partial charge on any atom is -0.478 e. The van der Waals surface area contributed by atoms with E-state index in [1.54, 1.807) is 36.3 Å². The zero-order valence-corrected chi connectivity index (χ0v) is 18.7. The largest absolute Gasteiger partial charge is 0.478 e. The van der Waals surface area contributed by atoms with E-state index in [1.807, 2.05) is 17.8 Å². The van der Waals surface area contributed by atoms with Crippen LogP contribution in [0.5, 0.6) is 0 Å². The van der Waals surface area contributed by atoms with Crippen molar-refractivity contribution in [1.82, 2.24) is 9.29 Å². The number of benzene rings is 2. The molecule has 1 aliphatic heterocycles. The van der Waals surface area contributed by atoms with Crippen LogP contribution in [0.3, 0.4) is 0 Å². The van der Waals surface area contributed by atoms with Crippen molar-refractivity contribution in [3.8, 4) is 0 Å². The maximum absolute atomic E-state index is 11.9. The van der Waals surface area contributed by atoms with Crippen LogP contribution in [0.25, 0.3) is 10.9 Å². The first-order valence-corrected chi connectivity index (χ1v) is 11.8. The van der Waals surface area contributed by atoms with E-state index in [1.165, 1.54) is 12.1 Å². The quantitative estimate of drug-likeness (QED) is 0.448. The van der Waals surface area contributed by atoms with Crippen LogP contribution in [0, 0.1) is 0 Å². The number of thioether (sulfide) groups is 1. The number of carboxylic acids is 1. The lowest BCUT2D eigenvalue weighted by molar-refractivity contribution is 0.0698. The van der Waals surface area contributed by atoms with Crippen molar-refractivity contribution in [2.24, 2.45) is 5.73 Å². The van der Waals surface area contributed by atoms with Gasteiger partial charge in [-0.1, -0.05) is 11.6 Å². The minimum atomic E-state index is -1.16. The lowest BCUT2D eigenvalue weighted by atomic mass is 10.1. The van der Waals surface area contributed by atoms with Crippen LogP contribution in [-0.2, 0) is 0 Å². The Hall–Kier alpha value is -2.46. The summed E-state index contributed by atoms with van der Waals surface area (Å²) in [6, 6.07) is 9.72. The predicted molar refractivity (Wildman–Crippen MR) is 127 cm³/mol. The Morgan fingerprint density at radius 2 is 1.97 bits per heavy atom. The summed E-state index contributed by atoms with van der Waals surface area (Å²) in [5.74, 6) is 0.263. The number of halogens is 1. The number of nitrogens with two attached hydrogens (primary N) is 1. The third kappa shape index (κ3) is 4.90. The van der Waals surface area contributed by atoms with Crippen molar-refractivity contribution in [3.63, 3.8) is 0 Å². The molecule has 4 N–H and O–H groups in total. The molecule has 0 bridgehead atoms. The lowest BCUT2D eigenvalue weighted by Crippen LogP contribution is -2.26. The molecule has 0 radical (unpaired) electrons. The van der Waals surface area contributed by atoms with Crippen LogP contribution in [0.4, 0.5) is 11.4 Å². The molecule has 2 aromatic carbocycles. The molecule has 0 unspecified atom stereocenters. The second kappa shape index (κ2) is 9.35. The van der Waals surface area contributed by atoms with Gasteiger partial charge in [0, 0.05) is 46.8 Å². The molecular weight excluding hydrogens is 456 g/mol. The Labute approximate surface area is 192 Å². The van der Waals surface area contributed by atoms with E-state index < -0.39 is 11.9 Å². The van der Waals surface area contributed by atoms with Gasteiger partial charge in [-0.15, -0.1) is 0 Å². The molecule has 0 saturated carbocycles. The highest BCUT2D eigenvalue weighted by atomic mass is 35.5. The summed E-state index contributed by atoms with van der Waals surface area (Å²) in [6.45, 7) is 1.88. The summed E-state index contributed by atoms with van der Waals surface area (Å²) in [7, 11) is 0. The number of fused-ring (bicyclic) bond motifs is 1. The SMILES string of the molecule is NC(=O)c1ccc(Nc2c(SN3CCSCC3)cnc3ccc(Cl)cc23)c(C(=O)O)c1. The number of hydrogen-bond donors (Lipinski definition) is 3. The number of nitrogens with zero attached hydrogens (tertiary/aromatic N) is 2. The molecule has 1 amide bonds. The molecule has 3 aromatic rings. The summed E-state index contributed by atoms with van der Waals surface area (Å²) >= 11 is 9.76. The van der Waals surface area contributed by atoms with Gasteiger partial charge in [-0.25, -0.2) is 9.10 Å². The average molecular weight is 475 g/mol. The standard InChI is InChI=1S/C21H19ClN4O3S2/c22-13-2-4-16-14(10-13)19(18(11-24-16)31-26-5-7-30-8-6-26)25-17-3-1-12(20(23)27)9-15(17)21(28)29/h1-4,9-11H,5-8H2,(H2,23,27)(H,24,25)(H,28,29). The third-order valence-electron chi connectivity index (χ3n) is 4.79. The fourth-order valence-corrected chi connectivity index (χ4v) is 5.54. The molecule has 0 atom stereocenters. The van der Waals surface area contributed by atoms with Crippen LogP contribution in [-0.4, -0.2) is 50.9 Å². The van der Waals surface area contributed by atoms with Crippen molar-refractivity contribution in [2.75, 3.05) is 29.9 Å². The number of rotatable bonds is 6. The van der Waals surface area contributed by atoms with Crippen LogP contribution < -0.4 is 11.1 Å². The van der Waals surface area contributed by atoms with Crippen molar-refractivity contribution < 1.29 is 14.7 Å². The molecule has 31 heavy (non-hydrogen) atoms. The number of pyridine rings is 1. The highest BCUT2D eigenvalue weighted by molar-refractivity contribution is 8.00. The number of carboxylic acid groups (broad SMARTS) is 1. The zero-order chi connectivity index (χ0) is 22.0. The number of anilines is 2.